The van der Waals surface area contributed by atoms with Crippen molar-refractivity contribution in [1.29, 1.82) is 0 Å². The number of nitrogens with zero attached hydrogens (tertiary/aromatic N) is 1. The summed E-state index contributed by atoms with van der Waals surface area (Å²) in [5, 5.41) is 2.85. The molecule has 0 saturated heterocycles. The van der Waals surface area contributed by atoms with Crippen molar-refractivity contribution >= 4 is 5.91 Å². The van der Waals surface area contributed by atoms with Gasteiger partial charge >= 0.3 is 0 Å². The minimum Gasteiger partial charge on any atom is -0.457 e. The molecule has 1 aromatic heterocycles. The standard InChI is InChI=1S/C20H17FN2O2/c1-14-5-6-16(13-22-14)20(24)23-12-15-3-2-4-19(11-15)25-18-9-7-17(21)8-10-18/h2-11,13H,12H2,1H3,(H,23,24). The lowest BCUT2D eigenvalue weighted by molar-refractivity contribution is 0.0950. The fourth-order valence-corrected chi connectivity index (χ4v) is 2.24. The number of benzene rings is 2. The highest BCUT2D eigenvalue weighted by molar-refractivity contribution is 5.93. The molecule has 1 heterocycles. The first-order chi connectivity index (χ1) is 12.1. The average molecular weight is 336 g/mol. The van der Waals surface area contributed by atoms with Gasteiger partial charge < -0.3 is 10.1 Å². The molecule has 0 atom stereocenters. The molecule has 3 aromatic rings. The van der Waals surface area contributed by atoms with Crippen LogP contribution in [0.25, 0.3) is 0 Å². The fourth-order valence-electron chi connectivity index (χ4n) is 2.24. The molecule has 0 unspecified atom stereocenters. The van der Waals surface area contributed by atoms with E-state index in [9.17, 15) is 9.18 Å². The Morgan fingerprint density at radius 1 is 1.08 bits per heavy atom. The van der Waals surface area contributed by atoms with Crippen molar-refractivity contribution in [2.45, 2.75) is 13.5 Å². The maximum absolute atomic E-state index is 12.9. The summed E-state index contributed by atoms with van der Waals surface area (Å²) in [6, 6.07) is 16.7. The highest BCUT2D eigenvalue weighted by Gasteiger charge is 2.06. The van der Waals surface area contributed by atoms with Gasteiger partial charge in [-0.05, 0) is 61.0 Å². The van der Waals surface area contributed by atoms with E-state index in [2.05, 4.69) is 10.3 Å². The summed E-state index contributed by atoms with van der Waals surface area (Å²) in [7, 11) is 0. The van der Waals surface area contributed by atoms with E-state index in [1.807, 2.05) is 25.1 Å². The third-order valence-electron chi connectivity index (χ3n) is 3.57. The van der Waals surface area contributed by atoms with Crippen molar-refractivity contribution in [1.82, 2.24) is 10.3 Å². The van der Waals surface area contributed by atoms with Gasteiger partial charge in [0.2, 0.25) is 0 Å². The number of nitrogens with one attached hydrogen (secondary N) is 1. The topological polar surface area (TPSA) is 51.2 Å². The van der Waals surface area contributed by atoms with Gasteiger partial charge in [-0.3, -0.25) is 9.78 Å². The van der Waals surface area contributed by atoms with Gasteiger partial charge in [-0.15, -0.1) is 0 Å². The van der Waals surface area contributed by atoms with E-state index in [-0.39, 0.29) is 11.7 Å². The average Bonchev–Trinajstić information content (AvgIpc) is 2.63. The Labute approximate surface area is 145 Å². The zero-order valence-electron chi connectivity index (χ0n) is 13.7. The van der Waals surface area contributed by atoms with Crippen molar-refractivity contribution < 1.29 is 13.9 Å². The predicted molar refractivity (Wildman–Crippen MR) is 93.1 cm³/mol. The Kier molecular flexibility index (Phi) is 5.04. The lowest BCUT2D eigenvalue weighted by Crippen LogP contribution is -2.22. The molecule has 0 aliphatic carbocycles. The molecule has 0 fully saturated rings. The first kappa shape index (κ1) is 16.6. The van der Waals surface area contributed by atoms with Gasteiger partial charge in [0.15, 0.2) is 0 Å². The van der Waals surface area contributed by atoms with E-state index in [0.717, 1.165) is 11.3 Å². The number of amides is 1. The van der Waals surface area contributed by atoms with Crippen molar-refractivity contribution in [3.63, 3.8) is 0 Å². The van der Waals surface area contributed by atoms with E-state index < -0.39 is 0 Å². The summed E-state index contributed by atoms with van der Waals surface area (Å²) < 4.78 is 18.6. The largest absolute Gasteiger partial charge is 0.457 e. The number of ether oxygens (including phenoxy) is 1. The molecular weight excluding hydrogens is 319 g/mol. The van der Waals surface area contributed by atoms with Crippen LogP contribution in [0.5, 0.6) is 11.5 Å². The number of hydrogen-bond donors (Lipinski definition) is 1. The van der Waals surface area contributed by atoms with Gasteiger partial charge in [0.05, 0.1) is 5.56 Å². The van der Waals surface area contributed by atoms with Crippen molar-refractivity contribution in [2.75, 3.05) is 0 Å². The lowest BCUT2D eigenvalue weighted by atomic mass is 10.2. The summed E-state index contributed by atoms with van der Waals surface area (Å²) in [4.78, 5) is 16.2. The van der Waals surface area contributed by atoms with Crippen LogP contribution < -0.4 is 10.1 Å². The van der Waals surface area contributed by atoms with Crippen LogP contribution in [-0.2, 0) is 6.54 Å². The number of carbonyl (C=O) groups excluding carboxylic acids is 1. The molecule has 0 spiro atoms. The number of carbonyl (C=O) groups is 1. The molecule has 0 saturated carbocycles. The molecular formula is C20H17FN2O2. The molecule has 25 heavy (non-hydrogen) atoms. The maximum atomic E-state index is 12.9. The van der Waals surface area contributed by atoms with Gasteiger partial charge in [-0.25, -0.2) is 4.39 Å². The number of pyridine rings is 1. The molecule has 0 aliphatic heterocycles. The van der Waals surface area contributed by atoms with Crippen LogP contribution >= 0.6 is 0 Å². The van der Waals surface area contributed by atoms with Gasteiger partial charge in [0, 0.05) is 18.4 Å². The Morgan fingerprint density at radius 3 is 2.60 bits per heavy atom. The zero-order valence-corrected chi connectivity index (χ0v) is 13.7. The van der Waals surface area contributed by atoms with Crippen LogP contribution in [0, 0.1) is 12.7 Å². The van der Waals surface area contributed by atoms with Crippen LogP contribution in [0.3, 0.4) is 0 Å². The molecule has 2 aromatic carbocycles. The summed E-state index contributed by atoms with van der Waals surface area (Å²) in [6.45, 7) is 2.24. The second-order valence-corrected chi connectivity index (χ2v) is 5.57. The lowest BCUT2D eigenvalue weighted by Gasteiger charge is -2.09. The smallest absolute Gasteiger partial charge is 0.253 e. The minimum absolute atomic E-state index is 0.183. The van der Waals surface area contributed by atoms with Gasteiger partial charge in [-0.1, -0.05) is 12.1 Å². The third kappa shape index (κ3) is 4.64. The van der Waals surface area contributed by atoms with Crippen LogP contribution in [-0.4, -0.2) is 10.9 Å². The number of halogens is 1. The van der Waals surface area contributed by atoms with Gasteiger partial charge in [0.25, 0.3) is 5.91 Å². The highest BCUT2D eigenvalue weighted by atomic mass is 19.1. The molecule has 0 radical (unpaired) electrons. The second kappa shape index (κ2) is 7.57. The van der Waals surface area contributed by atoms with E-state index >= 15 is 0 Å². The summed E-state index contributed by atoms with van der Waals surface area (Å²) >= 11 is 0. The Hall–Kier alpha value is -3.21. The Morgan fingerprint density at radius 2 is 1.88 bits per heavy atom. The number of aromatic nitrogens is 1. The quantitative estimate of drug-likeness (QED) is 0.758. The first-order valence-electron chi connectivity index (χ1n) is 7.83. The SMILES string of the molecule is Cc1ccc(C(=O)NCc2cccc(Oc3ccc(F)cc3)c2)cn1. The molecule has 1 amide bonds. The van der Waals surface area contributed by atoms with Crippen molar-refractivity contribution in [3.8, 4) is 11.5 Å². The molecule has 1 N–H and O–H groups in total. The number of rotatable bonds is 5. The molecule has 3 rings (SSSR count). The molecule has 5 heteroatoms. The second-order valence-electron chi connectivity index (χ2n) is 5.57. The fraction of sp³-hybridized carbons (Fsp3) is 0.100. The maximum Gasteiger partial charge on any atom is 0.253 e. The number of aryl methyl sites for hydroxylation is 1. The van der Waals surface area contributed by atoms with Crippen LogP contribution in [0.1, 0.15) is 21.6 Å². The monoisotopic (exact) mass is 336 g/mol. The van der Waals surface area contributed by atoms with E-state index in [1.54, 1.807) is 36.5 Å². The first-order valence-corrected chi connectivity index (χ1v) is 7.83. The minimum atomic E-state index is -0.311. The van der Waals surface area contributed by atoms with Crippen LogP contribution in [0.4, 0.5) is 4.39 Å². The third-order valence-corrected chi connectivity index (χ3v) is 3.57. The van der Waals surface area contributed by atoms with E-state index in [0.29, 0.717) is 23.6 Å². The van der Waals surface area contributed by atoms with Crippen LogP contribution in [0.15, 0.2) is 66.9 Å². The Bertz CT molecular complexity index is 862. The van der Waals surface area contributed by atoms with Gasteiger partial charge in [0.1, 0.15) is 17.3 Å². The Balaban J connectivity index is 1.62. The summed E-state index contributed by atoms with van der Waals surface area (Å²) in [6.07, 6.45) is 1.55. The van der Waals surface area contributed by atoms with Crippen molar-refractivity contribution in [2.24, 2.45) is 0 Å². The summed E-state index contributed by atoms with van der Waals surface area (Å²) in [5.74, 6) is 0.676. The van der Waals surface area contributed by atoms with E-state index in [1.165, 1.54) is 12.1 Å². The van der Waals surface area contributed by atoms with Gasteiger partial charge in [-0.2, -0.15) is 0 Å². The molecule has 4 nitrogen and oxygen atoms in total. The predicted octanol–water partition coefficient (Wildman–Crippen LogP) is 4.25. The highest BCUT2D eigenvalue weighted by Crippen LogP contribution is 2.22. The normalized spacial score (nSPS) is 10.3. The van der Waals surface area contributed by atoms with Crippen LogP contribution in [0.2, 0.25) is 0 Å². The molecule has 0 aliphatic rings. The molecule has 126 valence electrons. The molecule has 0 bridgehead atoms. The van der Waals surface area contributed by atoms with Crippen molar-refractivity contribution in [3.05, 3.63) is 89.5 Å². The van der Waals surface area contributed by atoms with E-state index in [4.69, 9.17) is 4.74 Å². The zero-order chi connectivity index (χ0) is 17.6. The summed E-state index contributed by atoms with van der Waals surface area (Å²) in [5.41, 5.74) is 2.28. The number of hydrogen-bond acceptors (Lipinski definition) is 3.